The van der Waals surface area contributed by atoms with Gasteiger partial charge in [-0.15, -0.1) is 0 Å². The number of hydrogen-bond donors (Lipinski definition) is 1. The van der Waals surface area contributed by atoms with Crippen molar-refractivity contribution in [3.05, 3.63) is 35.1 Å². The number of pyridine rings is 1. The van der Waals surface area contributed by atoms with Crippen LogP contribution in [0.4, 0.5) is 0 Å². The molecule has 0 aliphatic rings. The Morgan fingerprint density at radius 3 is 3.09 bits per heavy atom. The van der Waals surface area contributed by atoms with Crippen molar-refractivity contribution in [2.75, 3.05) is 6.61 Å². The van der Waals surface area contributed by atoms with Gasteiger partial charge < -0.3 is 5.11 Å². The molecule has 0 atom stereocenters. The topological polar surface area (TPSA) is 33.1 Å². The van der Waals surface area contributed by atoms with Gasteiger partial charge in [0.2, 0.25) is 0 Å². The van der Waals surface area contributed by atoms with Crippen molar-refractivity contribution in [3.8, 4) is 0 Å². The lowest BCUT2D eigenvalue weighted by Crippen LogP contribution is -1.77. The van der Waals surface area contributed by atoms with E-state index in [1.165, 1.54) is 0 Å². The fourth-order valence-electron chi connectivity index (χ4n) is 0.701. The maximum absolute atomic E-state index is 8.47. The number of rotatable bonds is 2. The molecule has 0 spiro atoms. The lowest BCUT2D eigenvalue weighted by atomic mass is 10.2. The van der Waals surface area contributed by atoms with Crippen LogP contribution in [0.3, 0.4) is 0 Å². The van der Waals surface area contributed by atoms with Crippen LogP contribution in [0.15, 0.2) is 24.5 Å². The largest absolute Gasteiger partial charge is 0.392 e. The Hall–Kier alpha value is -0.860. The molecule has 1 aromatic rings. The molecule has 0 fully saturated rings. The molecule has 0 bridgehead atoms. The van der Waals surface area contributed by atoms with Gasteiger partial charge in [-0.05, 0) is 11.6 Å². The van der Waals surface area contributed by atoms with E-state index in [2.05, 4.69) is 4.98 Å². The van der Waals surface area contributed by atoms with Crippen LogP contribution in [-0.2, 0) is 0 Å². The Bertz CT molecular complexity index is 260. The summed E-state index contributed by atoms with van der Waals surface area (Å²) < 4.78 is 0. The number of nitrogens with zero attached hydrogens (tertiary/aromatic N) is 1. The van der Waals surface area contributed by atoms with Gasteiger partial charge in [-0.3, -0.25) is 4.98 Å². The van der Waals surface area contributed by atoms with E-state index >= 15 is 0 Å². The summed E-state index contributed by atoms with van der Waals surface area (Å²) in [5, 5.41) is 9.07. The molecule has 2 nitrogen and oxygen atoms in total. The van der Waals surface area contributed by atoms with E-state index in [1.54, 1.807) is 30.6 Å². The second kappa shape index (κ2) is 4.11. The average molecular weight is 170 g/mol. The van der Waals surface area contributed by atoms with Gasteiger partial charge in [-0.1, -0.05) is 23.8 Å². The summed E-state index contributed by atoms with van der Waals surface area (Å²) >= 11 is 5.76. The quantitative estimate of drug-likeness (QED) is 0.732. The van der Waals surface area contributed by atoms with Crippen LogP contribution < -0.4 is 0 Å². The number of aromatic nitrogens is 1. The molecule has 0 saturated carbocycles. The highest BCUT2D eigenvalue weighted by Gasteiger charge is 1.92. The molecule has 0 saturated heterocycles. The molecule has 0 aliphatic heterocycles. The Labute approximate surface area is 70.2 Å². The molecule has 0 unspecified atom stereocenters. The van der Waals surface area contributed by atoms with Gasteiger partial charge in [0.05, 0.1) is 11.6 Å². The SMILES string of the molecule is OCC=Cc1ccncc1Cl. The predicted molar refractivity (Wildman–Crippen MR) is 45.4 cm³/mol. The Balaban J connectivity index is 2.86. The molecule has 0 radical (unpaired) electrons. The van der Waals surface area contributed by atoms with Crippen molar-refractivity contribution in [1.82, 2.24) is 4.98 Å². The van der Waals surface area contributed by atoms with E-state index in [1.807, 2.05) is 0 Å². The smallest absolute Gasteiger partial charge is 0.0661 e. The number of aliphatic hydroxyl groups is 1. The summed E-state index contributed by atoms with van der Waals surface area (Å²) in [4.78, 5) is 3.82. The van der Waals surface area contributed by atoms with E-state index in [0.717, 1.165) is 5.56 Å². The maximum Gasteiger partial charge on any atom is 0.0661 e. The van der Waals surface area contributed by atoms with E-state index in [-0.39, 0.29) is 6.61 Å². The van der Waals surface area contributed by atoms with Gasteiger partial charge in [-0.25, -0.2) is 0 Å². The van der Waals surface area contributed by atoms with Gasteiger partial charge in [0.15, 0.2) is 0 Å². The van der Waals surface area contributed by atoms with Crippen LogP contribution in [0.5, 0.6) is 0 Å². The monoisotopic (exact) mass is 169 g/mol. The Morgan fingerprint density at radius 2 is 2.45 bits per heavy atom. The summed E-state index contributed by atoms with van der Waals surface area (Å²) in [7, 11) is 0. The Kier molecular flexibility index (Phi) is 3.08. The molecule has 0 aromatic carbocycles. The number of hydrogen-bond acceptors (Lipinski definition) is 2. The first-order valence-electron chi connectivity index (χ1n) is 3.21. The molecule has 58 valence electrons. The van der Waals surface area contributed by atoms with E-state index in [4.69, 9.17) is 16.7 Å². The van der Waals surface area contributed by atoms with Crippen molar-refractivity contribution >= 4 is 17.7 Å². The zero-order chi connectivity index (χ0) is 8.10. The van der Waals surface area contributed by atoms with Gasteiger partial charge in [0.1, 0.15) is 0 Å². The summed E-state index contributed by atoms with van der Waals surface area (Å²) in [6.07, 6.45) is 6.60. The standard InChI is InChI=1S/C8H8ClNO/c9-8-6-10-4-3-7(8)2-1-5-11/h1-4,6,11H,5H2. The van der Waals surface area contributed by atoms with Crippen molar-refractivity contribution in [3.63, 3.8) is 0 Å². The Morgan fingerprint density at radius 1 is 1.64 bits per heavy atom. The van der Waals surface area contributed by atoms with Gasteiger partial charge >= 0.3 is 0 Å². The lowest BCUT2D eigenvalue weighted by Gasteiger charge is -1.93. The highest BCUT2D eigenvalue weighted by Crippen LogP contribution is 2.14. The van der Waals surface area contributed by atoms with Crippen LogP contribution in [0, 0.1) is 0 Å². The minimum atomic E-state index is 0.0264. The fourth-order valence-corrected chi connectivity index (χ4v) is 0.883. The highest BCUT2D eigenvalue weighted by molar-refractivity contribution is 6.31. The number of aliphatic hydroxyl groups excluding tert-OH is 1. The van der Waals surface area contributed by atoms with E-state index in [0.29, 0.717) is 5.02 Å². The molecule has 1 aromatic heterocycles. The highest BCUT2D eigenvalue weighted by atomic mass is 35.5. The maximum atomic E-state index is 8.47. The zero-order valence-electron chi connectivity index (χ0n) is 5.87. The van der Waals surface area contributed by atoms with Crippen LogP contribution >= 0.6 is 11.6 Å². The first kappa shape index (κ1) is 8.24. The molecule has 1 rings (SSSR count). The van der Waals surface area contributed by atoms with Crippen molar-refractivity contribution in [2.24, 2.45) is 0 Å². The third-order valence-electron chi connectivity index (χ3n) is 1.21. The number of halogens is 1. The molecule has 3 heteroatoms. The molecule has 1 heterocycles. The normalized spacial score (nSPS) is 10.7. The molecule has 1 N–H and O–H groups in total. The average Bonchev–Trinajstić information content (AvgIpc) is 2.03. The summed E-state index contributed by atoms with van der Waals surface area (Å²) in [6, 6.07) is 1.79. The third kappa shape index (κ3) is 2.33. The van der Waals surface area contributed by atoms with Crippen LogP contribution in [-0.4, -0.2) is 16.7 Å². The molecule has 0 aliphatic carbocycles. The van der Waals surface area contributed by atoms with Gasteiger partial charge in [-0.2, -0.15) is 0 Å². The zero-order valence-corrected chi connectivity index (χ0v) is 6.62. The minimum absolute atomic E-state index is 0.0264. The first-order chi connectivity index (χ1) is 5.34. The van der Waals surface area contributed by atoms with Crippen LogP contribution in [0.25, 0.3) is 6.08 Å². The van der Waals surface area contributed by atoms with Gasteiger partial charge in [0.25, 0.3) is 0 Å². The van der Waals surface area contributed by atoms with Crippen molar-refractivity contribution in [1.29, 1.82) is 0 Å². The van der Waals surface area contributed by atoms with Crippen molar-refractivity contribution < 1.29 is 5.11 Å². The molecule has 11 heavy (non-hydrogen) atoms. The van der Waals surface area contributed by atoms with Crippen LogP contribution in [0.1, 0.15) is 5.56 Å². The first-order valence-corrected chi connectivity index (χ1v) is 3.59. The fraction of sp³-hybridized carbons (Fsp3) is 0.125. The van der Waals surface area contributed by atoms with E-state index < -0.39 is 0 Å². The third-order valence-corrected chi connectivity index (χ3v) is 1.52. The van der Waals surface area contributed by atoms with Crippen LogP contribution in [0.2, 0.25) is 5.02 Å². The summed E-state index contributed by atoms with van der Waals surface area (Å²) in [6.45, 7) is 0.0264. The van der Waals surface area contributed by atoms with E-state index in [9.17, 15) is 0 Å². The second-order valence-corrected chi connectivity index (χ2v) is 2.39. The second-order valence-electron chi connectivity index (χ2n) is 1.98. The lowest BCUT2D eigenvalue weighted by molar-refractivity contribution is 0.343. The summed E-state index contributed by atoms with van der Waals surface area (Å²) in [5.41, 5.74) is 0.871. The molecule has 0 amide bonds. The molecular formula is C8H8ClNO. The predicted octanol–water partition coefficient (Wildman–Crippen LogP) is 1.74. The molecular weight excluding hydrogens is 162 g/mol. The van der Waals surface area contributed by atoms with Gasteiger partial charge in [0, 0.05) is 12.4 Å². The summed E-state index contributed by atoms with van der Waals surface area (Å²) in [5.74, 6) is 0. The minimum Gasteiger partial charge on any atom is -0.392 e. The van der Waals surface area contributed by atoms with Crippen molar-refractivity contribution in [2.45, 2.75) is 0 Å².